The van der Waals surface area contributed by atoms with E-state index in [0.29, 0.717) is 18.1 Å². The Morgan fingerprint density at radius 3 is 2.63 bits per heavy atom. The van der Waals surface area contributed by atoms with Crippen molar-refractivity contribution in [1.82, 2.24) is 4.37 Å². The molecule has 1 heterocycles. The Morgan fingerprint density at radius 2 is 2.16 bits per heavy atom. The zero-order valence-electron chi connectivity index (χ0n) is 11.8. The Morgan fingerprint density at radius 1 is 1.53 bits per heavy atom. The van der Waals surface area contributed by atoms with Crippen LogP contribution in [0.1, 0.15) is 38.1 Å². The number of rotatable bonds is 6. The SMILES string of the molecule is CCOC(=O)c1c(N)nsc1N(CC)CC(C)(C)O. The van der Waals surface area contributed by atoms with Gasteiger partial charge >= 0.3 is 5.97 Å². The van der Waals surface area contributed by atoms with E-state index in [2.05, 4.69) is 4.37 Å². The molecule has 7 heteroatoms. The molecule has 0 aliphatic heterocycles. The molecule has 0 atom stereocenters. The third-order valence-corrected chi connectivity index (χ3v) is 3.35. The highest BCUT2D eigenvalue weighted by molar-refractivity contribution is 7.11. The molecule has 0 radical (unpaired) electrons. The topological polar surface area (TPSA) is 88.7 Å². The maximum Gasteiger partial charge on any atom is 0.345 e. The van der Waals surface area contributed by atoms with Gasteiger partial charge in [0, 0.05) is 13.1 Å². The summed E-state index contributed by atoms with van der Waals surface area (Å²) in [6, 6.07) is 0. The van der Waals surface area contributed by atoms with E-state index in [1.807, 2.05) is 11.8 Å². The number of hydrogen-bond donors (Lipinski definition) is 2. The van der Waals surface area contributed by atoms with Crippen LogP contribution in [0.15, 0.2) is 0 Å². The van der Waals surface area contributed by atoms with Crippen molar-refractivity contribution in [1.29, 1.82) is 0 Å². The second-order valence-corrected chi connectivity index (χ2v) is 5.55. The van der Waals surface area contributed by atoms with E-state index >= 15 is 0 Å². The van der Waals surface area contributed by atoms with Crippen molar-refractivity contribution < 1.29 is 14.6 Å². The lowest BCUT2D eigenvalue weighted by atomic mass is 10.1. The molecular formula is C12H21N3O3S. The molecular weight excluding hydrogens is 266 g/mol. The fourth-order valence-electron chi connectivity index (χ4n) is 1.70. The van der Waals surface area contributed by atoms with Crippen LogP contribution in [0.5, 0.6) is 0 Å². The van der Waals surface area contributed by atoms with Crippen LogP contribution in [-0.2, 0) is 4.74 Å². The molecule has 3 N–H and O–H groups in total. The average molecular weight is 287 g/mol. The standard InChI is InChI=1S/C12H21N3O3S/c1-5-15(7-12(3,4)17)10-8(9(13)14-19-10)11(16)18-6-2/h17H,5-7H2,1-4H3,(H2,13,14). The molecule has 1 aromatic heterocycles. The van der Waals surface area contributed by atoms with E-state index in [-0.39, 0.29) is 18.0 Å². The van der Waals surface area contributed by atoms with Crippen molar-refractivity contribution in [3.8, 4) is 0 Å². The lowest BCUT2D eigenvalue weighted by molar-refractivity contribution is 0.0527. The predicted octanol–water partition coefficient (Wildman–Crippen LogP) is 1.50. The molecule has 0 aliphatic rings. The van der Waals surface area contributed by atoms with E-state index in [1.165, 1.54) is 0 Å². The quantitative estimate of drug-likeness (QED) is 0.771. The van der Waals surface area contributed by atoms with Gasteiger partial charge in [-0.3, -0.25) is 0 Å². The number of nitrogen functional groups attached to an aromatic ring is 1. The van der Waals surface area contributed by atoms with Gasteiger partial charge in [0.25, 0.3) is 0 Å². The number of ether oxygens (including phenoxy) is 1. The highest BCUT2D eigenvalue weighted by Gasteiger charge is 2.27. The van der Waals surface area contributed by atoms with Gasteiger partial charge in [-0.1, -0.05) is 0 Å². The maximum absolute atomic E-state index is 11.9. The van der Waals surface area contributed by atoms with Crippen molar-refractivity contribution in [3.63, 3.8) is 0 Å². The third kappa shape index (κ3) is 4.07. The van der Waals surface area contributed by atoms with Gasteiger partial charge in [0.1, 0.15) is 10.6 Å². The van der Waals surface area contributed by atoms with E-state index in [1.54, 1.807) is 20.8 Å². The van der Waals surface area contributed by atoms with Crippen molar-refractivity contribution >= 4 is 28.3 Å². The van der Waals surface area contributed by atoms with Gasteiger partial charge in [0.05, 0.1) is 12.2 Å². The first-order valence-electron chi connectivity index (χ1n) is 6.19. The average Bonchev–Trinajstić information content (AvgIpc) is 2.67. The van der Waals surface area contributed by atoms with Crippen molar-refractivity contribution in [2.45, 2.75) is 33.3 Å². The van der Waals surface area contributed by atoms with Crippen LogP contribution in [-0.4, -0.2) is 40.7 Å². The molecule has 0 aliphatic carbocycles. The fourth-order valence-corrected chi connectivity index (χ4v) is 2.56. The van der Waals surface area contributed by atoms with Crippen LogP contribution in [0.2, 0.25) is 0 Å². The molecule has 0 saturated heterocycles. The van der Waals surface area contributed by atoms with Gasteiger partial charge in [-0.15, -0.1) is 0 Å². The molecule has 1 aromatic rings. The monoisotopic (exact) mass is 287 g/mol. The minimum absolute atomic E-state index is 0.174. The Labute approximate surface area is 117 Å². The number of carbonyl (C=O) groups is 1. The minimum atomic E-state index is -0.874. The Kier molecular flexibility index (Phi) is 5.13. The van der Waals surface area contributed by atoms with Crippen LogP contribution < -0.4 is 10.6 Å². The second-order valence-electron chi connectivity index (χ2n) is 4.80. The summed E-state index contributed by atoms with van der Waals surface area (Å²) in [4.78, 5) is 13.8. The minimum Gasteiger partial charge on any atom is -0.462 e. The number of hydrogen-bond acceptors (Lipinski definition) is 7. The zero-order valence-corrected chi connectivity index (χ0v) is 12.6. The van der Waals surface area contributed by atoms with Crippen LogP contribution in [0.3, 0.4) is 0 Å². The summed E-state index contributed by atoms with van der Waals surface area (Å²) in [7, 11) is 0. The third-order valence-electron chi connectivity index (χ3n) is 2.43. The molecule has 108 valence electrons. The molecule has 0 aromatic carbocycles. The lowest BCUT2D eigenvalue weighted by Crippen LogP contribution is -2.38. The van der Waals surface area contributed by atoms with Crippen LogP contribution in [0, 0.1) is 0 Å². The van der Waals surface area contributed by atoms with E-state index in [4.69, 9.17) is 10.5 Å². The largest absolute Gasteiger partial charge is 0.462 e. The number of aliphatic hydroxyl groups is 1. The summed E-state index contributed by atoms with van der Waals surface area (Å²) < 4.78 is 9.01. The number of nitrogens with two attached hydrogens (primary N) is 1. The van der Waals surface area contributed by atoms with E-state index < -0.39 is 11.6 Å². The van der Waals surface area contributed by atoms with Gasteiger partial charge in [0.15, 0.2) is 5.82 Å². The maximum atomic E-state index is 11.9. The van der Waals surface area contributed by atoms with Gasteiger partial charge < -0.3 is 20.5 Å². The molecule has 0 saturated carbocycles. The molecule has 0 unspecified atom stereocenters. The fraction of sp³-hybridized carbons (Fsp3) is 0.667. The molecule has 0 spiro atoms. The molecule has 6 nitrogen and oxygen atoms in total. The molecule has 1 rings (SSSR count). The zero-order chi connectivity index (χ0) is 14.6. The van der Waals surface area contributed by atoms with Crippen molar-refractivity contribution in [3.05, 3.63) is 5.56 Å². The number of aromatic nitrogens is 1. The number of carbonyl (C=O) groups excluding carboxylic acids is 1. The van der Waals surface area contributed by atoms with E-state index in [9.17, 15) is 9.90 Å². The molecule has 0 bridgehead atoms. The smallest absolute Gasteiger partial charge is 0.345 e. The molecule has 0 amide bonds. The Balaban J connectivity index is 3.08. The summed E-state index contributed by atoms with van der Waals surface area (Å²) in [5.74, 6) is -0.300. The van der Waals surface area contributed by atoms with E-state index in [0.717, 1.165) is 11.5 Å². The Hall–Kier alpha value is -1.34. The van der Waals surface area contributed by atoms with Gasteiger partial charge in [-0.2, -0.15) is 4.37 Å². The number of anilines is 2. The van der Waals surface area contributed by atoms with Crippen LogP contribution >= 0.6 is 11.5 Å². The lowest BCUT2D eigenvalue weighted by Gasteiger charge is -2.28. The summed E-state index contributed by atoms with van der Waals surface area (Å²) >= 11 is 1.14. The predicted molar refractivity (Wildman–Crippen MR) is 76.7 cm³/mol. The van der Waals surface area contributed by atoms with Crippen molar-refractivity contribution in [2.24, 2.45) is 0 Å². The first-order valence-corrected chi connectivity index (χ1v) is 6.97. The number of nitrogens with zero attached hydrogens (tertiary/aromatic N) is 2. The number of likely N-dealkylation sites (N-methyl/N-ethyl adjacent to an activating group) is 1. The van der Waals surface area contributed by atoms with Crippen molar-refractivity contribution in [2.75, 3.05) is 30.3 Å². The number of esters is 1. The van der Waals surface area contributed by atoms with Crippen LogP contribution in [0.4, 0.5) is 10.8 Å². The highest BCUT2D eigenvalue weighted by atomic mass is 32.1. The summed E-state index contributed by atoms with van der Waals surface area (Å²) in [5.41, 5.74) is 5.15. The van der Waals surface area contributed by atoms with Gasteiger partial charge in [-0.25, -0.2) is 4.79 Å². The summed E-state index contributed by atoms with van der Waals surface area (Å²) in [5, 5.41) is 10.6. The molecule has 0 fully saturated rings. The normalized spacial score (nSPS) is 11.4. The van der Waals surface area contributed by atoms with Gasteiger partial charge in [0.2, 0.25) is 0 Å². The first kappa shape index (κ1) is 15.7. The Bertz CT molecular complexity index is 440. The summed E-state index contributed by atoms with van der Waals surface area (Å²) in [6.45, 7) is 8.41. The van der Waals surface area contributed by atoms with Gasteiger partial charge in [-0.05, 0) is 39.2 Å². The molecule has 19 heavy (non-hydrogen) atoms. The first-order chi connectivity index (χ1) is 8.80. The highest BCUT2D eigenvalue weighted by Crippen LogP contribution is 2.32. The second kappa shape index (κ2) is 6.21. The van der Waals surface area contributed by atoms with Crippen LogP contribution in [0.25, 0.3) is 0 Å². The summed E-state index contributed by atoms with van der Waals surface area (Å²) in [6.07, 6.45) is 0.